The first kappa shape index (κ1) is 20.2. The van der Waals surface area contributed by atoms with E-state index in [1.807, 2.05) is 17.3 Å². The number of pyridine rings is 1. The van der Waals surface area contributed by atoms with Crippen LogP contribution in [0.3, 0.4) is 0 Å². The normalized spacial score (nSPS) is 21.2. The molecular weight excluding hydrogens is 408 g/mol. The molecule has 2 aromatic carbocycles. The summed E-state index contributed by atoms with van der Waals surface area (Å²) in [5.74, 6) is 0.101. The lowest BCUT2D eigenvalue weighted by atomic mass is 9.83. The van der Waals surface area contributed by atoms with E-state index in [4.69, 9.17) is 4.74 Å². The van der Waals surface area contributed by atoms with Gasteiger partial charge >= 0.3 is 6.09 Å². The van der Waals surface area contributed by atoms with Crippen LogP contribution in [0.5, 0.6) is 0 Å². The Kier molecular flexibility index (Phi) is 5.21. The van der Waals surface area contributed by atoms with Gasteiger partial charge in [0, 0.05) is 24.4 Å². The molecule has 3 aliphatic rings. The molecule has 0 N–H and O–H groups in total. The van der Waals surface area contributed by atoms with Crippen molar-refractivity contribution in [1.82, 2.24) is 9.88 Å². The zero-order valence-electron chi connectivity index (χ0n) is 18.7. The summed E-state index contributed by atoms with van der Waals surface area (Å²) in [7, 11) is 0. The van der Waals surface area contributed by atoms with Gasteiger partial charge < -0.3 is 4.74 Å². The minimum atomic E-state index is -0.161. The summed E-state index contributed by atoms with van der Waals surface area (Å²) in [6, 6.07) is 21.5. The molecule has 0 saturated carbocycles. The maximum Gasteiger partial charge on any atom is 0.410 e. The minimum Gasteiger partial charge on any atom is -0.448 e. The first-order chi connectivity index (χ1) is 16.3. The average Bonchev–Trinajstić information content (AvgIpc) is 3.16. The fraction of sp³-hybridized carbons (Fsp3) is 0.310. The largest absolute Gasteiger partial charge is 0.448 e. The van der Waals surface area contributed by atoms with Crippen molar-refractivity contribution in [2.75, 3.05) is 6.61 Å². The molecule has 3 aromatic rings. The summed E-state index contributed by atoms with van der Waals surface area (Å²) < 4.78 is 6.02. The van der Waals surface area contributed by atoms with Crippen molar-refractivity contribution in [2.45, 2.75) is 50.1 Å². The maximum atomic E-state index is 13.3. The van der Waals surface area contributed by atoms with E-state index in [0.717, 1.165) is 25.7 Å². The fourth-order valence-corrected chi connectivity index (χ4v) is 5.97. The first-order valence-electron chi connectivity index (χ1n) is 12.0. The van der Waals surface area contributed by atoms with Crippen LogP contribution in [-0.4, -0.2) is 34.7 Å². The van der Waals surface area contributed by atoms with Crippen LogP contribution in [-0.2, 0) is 11.2 Å². The molecule has 2 atom stereocenters. The predicted octanol–water partition coefficient (Wildman–Crippen LogP) is 6.13. The van der Waals surface area contributed by atoms with Crippen molar-refractivity contribution >= 4 is 6.09 Å². The molecule has 166 valence electrons. The van der Waals surface area contributed by atoms with Gasteiger partial charge in [-0.1, -0.05) is 60.2 Å². The second-order valence-electron chi connectivity index (χ2n) is 9.42. The molecule has 1 saturated heterocycles. The van der Waals surface area contributed by atoms with Gasteiger partial charge in [-0.3, -0.25) is 9.88 Å². The molecule has 2 aliphatic heterocycles. The number of rotatable bonds is 4. The number of amides is 1. The number of fused-ring (bicyclic) bond motifs is 5. The Morgan fingerprint density at radius 3 is 2.33 bits per heavy atom. The van der Waals surface area contributed by atoms with E-state index >= 15 is 0 Å². The predicted molar refractivity (Wildman–Crippen MR) is 129 cm³/mol. The Labute approximate surface area is 194 Å². The summed E-state index contributed by atoms with van der Waals surface area (Å²) >= 11 is 0. The van der Waals surface area contributed by atoms with E-state index in [-0.39, 0.29) is 24.1 Å². The first-order valence-corrected chi connectivity index (χ1v) is 12.0. The Bertz CT molecular complexity index is 1160. The highest BCUT2D eigenvalue weighted by Gasteiger charge is 2.38. The van der Waals surface area contributed by atoms with E-state index < -0.39 is 0 Å². The third kappa shape index (κ3) is 3.74. The van der Waals surface area contributed by atoms with Gasteiger partial charge in [-0.2, -0.15) is 0 Å². The molecule has 2 unspecified atom stereocenters. The van der Waals surface area contributed by atoms with Gasteiger partial charge in [0.1, 0.15) is 6.61 Å². The number of hydrogen-bond acceptors (Lipinski definition) is 3. The van der Waals surface area contributed by atoms with Crippen LogP contribution in [0.1, 0.15) is 48.3 Å². The van der Waals surface area contributed by atoms with Crippen LogP contribution >= 0.6 is 0 Å². The monoisotopic (exact) mass is 436 g/mol. The van der Waals surface area contributed by atoms with E-state index in [0.29, 0.717) is 6.61 Å². The van der Waals surface area contributed by atoms with E-state index in [1.165, 1.54) is 39.8 Å². The van der Waals surface area contributed by atoms with E-state index in [1.54, 1.807) is 0 Å². The number of nitrogens with zero attached hydrogens (tertiary/aromatic N) is 2. The zero-order valence-corrected chi connectivity index (χ0v) is 18.7. The number of carbonyl (C=O) groups is 1. The summed E-state index contributed by atoms with van der Waals surface area (Å²) in [5.41, 5.74) is 7.73. The second kappa shape index (κ2) is 8.51. The van der Waals surface area contributed by atoms with Gasteiger partial charge in [0.15, 0.2) is 0 Å². The summed E-state index contributed by atoms with van der Waals surface area (Å²) in [4.78, 5) is 19.5. The highest BCUT2D eigenvalue weighted by atomic mass is 16.6. The molecule has 1 amide bonds. The molecule has 3 heterocycles. The topological polar surface area (TPSA) is 42.4 Å². The van der Waals surface area contributed by atoms with Crippen molar-refractivity contribution in [3.05, 3.63) is 101 Å². The lowest BCUT2D eigenvalue weighted by Crippen LogP contribution is -2.52. The second-order valence-corrected chi connectivity index (χ2v) is 9.42. The maximum absolute atomic E-state index is 13.3. The third-order valence-electron chi connectivity index (χ3n) is 7.44. The van der Waals surface area contributed by atoms with Crippen LogP contribution in [0.25, 0.3) is 11.1 Å². The molecule has 33 heavy (non-hydrogen) atoms. The van der Waals surface area contributed by atoms with Gasteiger partial charge in [-0.15, -0.1) is 0 Å². The molecule has 4 heteroatoms. The zero-order chi connectivity index (χ0) is 22.2. The smallest absolute Gasteiger partial charge is 0.410 e. The summed E-state index contributed by atoms with van der Waals surface area (Å²) in [6.45, 7) is 0.385. The molecule has 0 spiro atoms. The number of ether oxygens (including phenoxy) is 1. The van der Waals surface area contributed by atoms with Gasteiger partial charge in [-0.05, 0) is 72.1 Å². The number of aromatic nitrogens is 1. The average molecular weight is 437 g/mol. The lowest BCUT2D eigenvalue weighted by Gasteiger charge is -2.44. The van der Waals surface area contributed by atoms with Crippen LogP contribution in [0.2, 0.25) is 0 Å². The van der Waals surface area contributed by atoms with Crippen LogP contribution in [0.15, 0.2) is 84.7 Å². The van der Waals surface area contributed by atoms with Crippen molar-refractivity contribution in [3.8, 4) is 11.1 Å². The van der Waals surface area contributed by atoms with E-state index in [2.05, 4.69) is 71.7 Å². The Morgan fingerprint density at radius 2 is 1.64 bits per heavy atom. The highest BCUT2D eigenvalue weighted by molar-refractivity contribution is 5.79. The number of piperidine rings is 1. The molecule has 1 aromatic heterocycles. The molecule has 1 aliphatic carbocycles. The number of benzene rings is 2. The third-order valence-corrected chi connectivity index (χ3v) is 7.44. The van der Waals surface area contributed by atoms with E-state index in [9.17, 15) is 4.79 Å². The van der Waals surface area contributed by atoms with Crippen molar-refractivity contribution in [1.29, 1.82) is 0 Å². The standard InChI is InChI=1S/C29H28N2O2/c32-29(33-19-28-26-10-3-1-8-24(26)25-9-2-4-11-27(25)28)31-22-6-5-7-23(31)18-21(17-22)16-20-12-14-30-15-13-20/h1-4,8-15,17,22-23,28H,5-7,16,18-19H2. The minimum absolute atomic E-state index is 0.101. The number of hydrogen-bond donors (Lipinski definition) is 0. The molecule has 0 radical (unpaired) electrons. The summed E-state index contributed by atoms with van der Waals surface area (Å²) in [6.07, 6.45) is 11.0. The van der Waals surface area contributed by atoms with Crippen molar-refractivity contribution in [2.24, 2.45) is 0 Å². The van der Waals surface area contributed by atoms with Crippen LogP contribution in [0, 0.1) is 0 Å². The Morgan fingerprint density at radius 1 is 0.939 bits per heavy atom. The van der Waals surface area contributed by atoms with Gasteiger partial charge in [0.05, 0.1) is 6.04 Å². The van der Waals surface area contributed by atoms with Crippen LogP contribution < -0.4 is 0 Å². The quantitative estimate of drug-likeness (QED) is 0.462. The fourth-order valence-electron chi connectivity index (χ4n) is 5.97. The number of carbonyl (C=O) groups excluding carboxylic acids is 1. The van der Waals surface area contributed by atoms with Crippen LogP contribution in [0.4, 0.5) is 4.79 Å². The SMILES string of the molecule is O=C(OCC1c2ccccc2-c2ccccc21)N1C2C=C(Cc3ccncc3)CC1CCC2. The molecular formula is C29H28N2O2. The summed E-state index contributed by atoms with van der Waals surface area (Å²) in [5, 5.41) is 0. The molecule has 4 nitrogen and oxygen atoms in total. The molecule has 1 fully saturated rings. The molecule has 2 bridgehead atoms. The van der Waals surface area contributed by atoms with Gasteiger partial charge in [0.25, 0.3) is 0 Å². The Hall–Kier alpha value is -3.40. The Balaban J connectivity index is 1.18. The lowest BCUT2D eigenvalue weighted by molar-refractivity contribution is 0.0509. The van der Waals surface area contributed by atoms with Gasteiger partial charge in [-0.25, -0.2) is 4.79 Å². The molecule has 6 rings (SSSR count). The van der Waals surface area contributed by atoms with Crippen molar-refractivity contribution < 1.29 is 9.53 Å². The highest BCUT2D eigenvalue weighted by Crippen LogP contribution is 2.44. The van der Waals surface area contributed by atoms with Gasteiger partial charge in [0.2, 0.25) is 0 Å². The van der Waals surface area contributed by atoms with Crippen molar-refractivity contribution in [3.63, 3.8) is 0 Å².